The van der Waals surface area contributed by atoms with Crippen molar-refractivity contribution in [1.29, 1.82) is 0 Å². The maximum Gasteiger partial charge on any atom is 0.271 e. The highest BCUT2D eigenvalue weighted by Gasteiger charge is 2.12. The maximum atomic E-state index is 12.7. The molecule has 1 amide bonds. The first-order valence-corrected chi connectivity index (χ1v) is 14.3. The summed E-state index contributed by atoms with van der Waals surface area (Å²) in [6, 6.07) is 34.0. The number of amides is 1. The minimum absolute atomic E-state index is 0.286. The minimum Gasteiger partial charge on any atom is -0.487 e. The van der Waals surface area contributed by atoms with Crippen LogP contribution in [0.1, 0.15) is 32.7 Å². The van der Waals surface area contributed by atoms with Gasteiger partial charge in [-0.25, -0.2) is 5.43 Å². The number of nitrogens with one attached hydrogen (secondary N) is 1. The van der Waals surface area contributed by atoms with Gasteiger partial charge in [0.05, 0.1) is 20.9 Å². The fourth-order valence-corrected chi connectivity index (χ4v) is 5.91. The van der Waals surface area contributed by atoms with Crippen molar-refractivity contribution in [2.45, 2.75) is 20.5 Å². The van der Waals surface area contributed by atoms with E-state index in [0.29, 0.717) is 17.9 Å². The van der Waals surface area contributed by atoms with Crippen LogP contribution in [-0.4, -0.2) is 16.7 Å². The van der Waals surface area contributed by atoms with E-state index in [1.54, 1.807) is 6.21 Å². The van der Waals surface area contributed by atoms with Crippen LogP contribution in [0.4, 0.5) is 0 Å². The van der Waals surface area contributed by atoms with Gasteiger partial charge in [0, 0.05) is 16.9 Å². The van der Waals surface area contributed by atoms with E-state index in [2.05, 4.69) is 97.2 Å². The van der Waals surface area contributed by atoms with E-state index >= 15 is 0 Å². The Hall–Kier alpha value is -3.94. The quantitative estimate of drug-likeness (QED) is 0.134. The molecule has 0 saturated carbocycles. The first-order valence-electron chi connectivity index (χ1n) is 12.7. The summed E-state index contributed by atoms with van der Waals surface area (Å²) < 4.78 is 9.78. The molecule has 200 valence electrons. The lowest BCUT2D eigenvalue weighted by atomic mass is 10.1. The highest BCUT2D eigenvalue weighted by Crippen LogP contribution is 2.35. The summed E-state index contributed by atoms with van der Waals surface area (Å²) in [5.41, 5.74) is 10.6. The Morgan fingerprint density at radius 1 is 0.875 bits per heavy atom. The van der Waals surface area contributed by atoms with Crippen molar-refractivity contribution < 1.29 is 9.53 Å². The van der Waals surface area contributed by atoms with Crippen molar-refractivity contribution in [3.63, 3.8) is 0 Å². The third-order valence-corrected chi connectivity index (χ3v) is 7.58. The van der Waals surface area contributed by atoms with Crippen LogP contribution in [0.15, 0.2) is 117 Å². The first kappa shape index (κ1) is 27.6. The molecule has 5 aromatic rings. The Morgan fingerprint density at radius 3 is 2.30 bits per heavy atom. The summed E-state index contributed by atoms with van der Waals surface area (Å²) in [6.07, 6.45) is 1.60. The average Bonchev–Trinajstić information content (AvgIpc) is 3.34. The molecule has 0 aliphatic heterocycles. The van der Waals surface area contributed by atoms with Crippen molar-refractivity contribution in [1.82, 2.24) is 9.99 Å². The Bertz CT molecular complexity index is 1650. The van der Waals surface area contributed by atoms with Gasteiger partial charge in [0.25, 0.3) is 5.91 Å². The van der Waals surface area contributed by atoms with Crippen molar-refractivity contribution in [2.75, 3.05) is 0 Å². The molecule has 0 bridgehead atoms. The molecule has 5 rings (SSSR count). The molecule has 0 atom stereocenters. The molecule has 0 saturated heterocycles. The van der Waals surface area contributed by atoms with Gasteiger partial charge in [-0.05, 0) is 111 Å². The zero-order chi connectivity index (χ0) is 28.1. The number of hydrogen-bond donors (Lipinski definition) is 1. The first-order chi connectivity index (χ1) is 19.4. The van der Waals surface area contributed by atoms with Crippen LogP contribution in [-0.2, 0) is 6.61 Å². The number of carbonyl (C=O) groups is 1. The number of nitrogens with zero attached hydrogens (tertiary/aromatic N) is 2. The van der Waals surface area contributed by atoms with Crippen LogP contribution < -0.4 is 10.2 Å². The van der Waals surface area contributed by atoms with E-state index in [1.807, 2.05) is 66.7 Å². The number of ether oxygens (including phenoxy) is 1. The molecule has 0 unspecified atom stereocenters. The molecule has 0 aliphatic rings. The standard InChI is InChI=1S/C33H27Br2N3O2/c1-22-7-6-8-24(17-22)21-40-32-29(34)18-25(19-30(32)35)20-36-37-33(39)27-12-14-28(15-13-27)38-23(2)11-16-31(38)26-9-4-3-5-10-26/h3-20H,21H2,1-2H3,(H,37,39)/b36-20+. The van der Waals surface area contributed by atoms with E-state index in [9.17, 15) is 4.79 Å². The van der Waals surface area contributed by atoms with Crippen LogP contribution in [0.3, 0.4) is 0 Å². The number of hydrazone groups is 1. The summed E-state index contributed by atoms with van der Waals surface area (Å²) >= 11 is 7.17. The third-order valence-electron chi connectivity index (χ3n) is 6.40. The summed E-state index contributed by atoms with van der Waals surface area (Å²) in [7, 11) is 0. The van der Waals surface area contributed by atoms with E-state index in [1.165, 1.54) is 5.56 Å². The lowest BCUT2D eigenvalue weighted by molar-refractivity contribution is 0.0955. The lowest BCUT2D eigenvalue weighted by Gasteiger charge is -2.13. The highest BCUT2D eigenvalue weighted by molar-refractivity contribution is 9.11. The second kappa shape index (κ2) is 12.5. The lowest BCUT2D eigenvalue weighted by Crippen LogP contribution is -2.17. The SMILES string of the molecule is Cc1cccc(COc2c(Br)cc(/C=N/NC(=O)c3ccc(-n4c(C)ccc4-c4ccccc4)cc3)cc2Br)c1. The normalized spacial score (nSPS) is 11.1. The summed E-state index contributed by atoms with van der Waals surface area (Å²) in [5.74, 6) is 0.419. The van der Waals surface area contributed by atoms with Gasteiger partial charge in [0.1, 0.15) is 12.4 Å². The van der Waals surface area contributed by atoms with Crippen molar-refractivity contribution in [2.24, 2.45) is 5.10 Å². The zero-order valence-corrected chi connectivity index (χ0v) is 25.2. The summed E-state index contributed by atoms with van der Waals surface area (Å²) in [4.78, 5) is 12.7. The number of hydrogen-bond acceptors (Lipinski definition) is 3. The van der Waals surface area contributed by atoms with E-state index in [0.717, 1.165) is 42.7 Å². The van der Waals surface area contributed by atoms with Crippen molar-refractivity contribution in [3.05, 3.63) is 140 Å². The monoisotopic (exact) mass is 655 g/mol. The molecule has 0 aliphatic carbocycles. The van der Waals surface area contributed by atoms with Gasteiger partial charge in [-0.3, -0.25) is 4.79 Å². The predicted molar refractivity (Wildman–Crippen MR) is 168 cm³/mol. The molecule has 4 aromatic carbocycles. The molecule has 0 spiro atoms. The number of rotatable bonds is 8. The average molecular weight is 657 g/mol. The van der Waals surface area contributed by atoms with E-state index in [-0.39, 0.29) is 5.91 Å². The Kier molecular flexibility index (Phi) is 8.63. The fourth-order valence-electron chi connectivity index (χ4n) is 4.46. The van der Waals surface area contributed by atoms with E-state index in [4.69, 9.17) is 4.74 Å². The van der Waals surface area contributed by atoms with Crippen LogP contribution >= 0.6 is 31.9 Å². The molecule has 1 heterocycles. The third kappa shape index (κ3) is 6.43. The Morgan fingerprint density at radius 2 is 1.60 bits per heavy atom. The zero-order valence-electron chi connectivity index (χ0n) is 22.1. The maximum absolute atomic E-state index is 12.7. The van der Waals surface area contributed by atoms with Crippen LogP contribution in [0.2, 0.25) is 0 Å². The molecule has 1 aromatic heterocycles. The number of aromatic nitrogens is 1. The second-order valence-electron chi connectivity index (χ2n) is 9.40. The van der Waals surface area contributed by atoms with Gasteiger partial charge >= 0.3 is 0 Å². The van der Waals surface area contributed by atoms with E-state index < -0.39 is 0 Å². The highest BCUT2D eigenvalue weighted by atomic mass is 79.9. The van der Waals surface area contributed by atoms with Gasteiger partial charge in [-0.15, -0.1) is 0 Å². The van der Waals surface area contributed by atoms with Gasteiger partial charge < -0.3 is 9.30 Å². The molecular weight excluding hydrogens is 630 g/mol. The minimum atomic E-state index is -0.286. The number of benzene rings is 4. The molecular formula is C33H27Br2N3O2. The fraction of sp³-hybridized carbons (Fsp3) is 0.0909. The molecule has 0 fully saturated rings. The predicted octanol–water partition coefficient (Wildman–Crippen LogP) is 8.63. The largest absolute Gasteiger partial charge is 0.487 e. The van der Waals surface area contributed by atoms with Crippen LogP contribution in [0.25, 0.3) is 16.9 Å². The molecule has 1 N–H and O–H groups in total. The van der Waals surface area contributed by atoms with Crippen LogP contribution in [0.5, 0.6) is 5.75 Å². The number of carbonyl (C=O) groups excluding carboxylic acids is 1. The smallest absolute Gasteiger partial charge is 0.271 e. The Labute approximate surface area is 250 Å². The number of halogens is 2. The second-order valence-corrected chi connectivity index (χ2v) is 11.1. The van der Waals surface area contributed by atoms with Gasteiger partial charge in [0.2, 0.25) is 0 Å². The Balaban J connectivity index is 1.23. The summed E-state index contributed by atoms with van der Waals surface area (Å²) in [6.45, 7) is 4.59. The van der Waals surface area contributed by atoms with Crippen LogP contribution in [0, 0.1) is 13.8 Å². The van der Waals surface area contributed by atoms with Crippen molar-refractivity contribution in [3.8, 4) is 22.7 Å². The van der Waals surface area contributed by atoms with Gasteiger partial charge in [0.15, 0.2) is 0 Å². The van der Waals surface area contributed by atoms with Gasteiger partial charge in [-0.1, -0.05) is 60.2 Å². The molecule has 7 heteroatoms. The number of aryl methyl sites for hydroxylation is 2. The topological polar surface area (TPSA) is 55.6 Å². The van der Waals surface area contributed by atoms with Crippen molar-refractivity contribution >= 4 is 44.0 Å². The molecule has 0 radical (unpaired) electrons. The van der Waals surface area contributed by atoms with Gasteiger partial charge in [-0.2, -0.15) is 5.10 Å². The molecule has 40 heavy (non-hydrogen) atoms. The molecule has 5 nitrogen and oxygen atoms in total. The summed E-state index contributed by atoms with van der Waals surface area (Å²) in [5, 5.41) is 4.16.